The van der Waals surface area contributed by atoms with Gasteiger partial charge in [-0.1, -0.05) is 25.6 Å². The maximum absolute atomic E-state index is 12.6. The lowest BCUT2D eigenvalue weighted by Crippen LogP contribution is -2.41. The average Bonchev–Trinajstić information content (AvgIpc) is 3.41. The molecule has 1 fully saturated rings. The van der Waals surface area contributed by atoms with Gasteiger partial charge in [0.2, 0.25) is 11.0 Å². The molecule has 4 heterocycles. The van der Waals surface area contributed by atoms with Crippen LogP contribution in [0.15, 0.2) is 23.5 Å². The molecule has 1 amide bonds. The molecule has 0 unspecified atom stereocenters. The Balaban J connectivity index is 1.30. The minimum absolute atomic E-state index is 0.00361. The van der Waals surface area contributed by atoms with Crippen LogP contribution in [0, 0.1) is 4.77 Å². The van der Waals surface area contributed by atoms with E-state index in [1.165, 1.54) is 27.2 Å². The number of pyridine rings is 1. The number of hydrogen-bond acceptors (Lipinski definition) is 10. The van der Waals surface area contributed by atoms with Gasteiger partial charge in [-0.25, -0.2) is 19.0 Å². The molecule has 4 rings (SSSR count). The number of aryl methyl sites for hydroxylation is 1. The van der Waals surface area contributed by atoms with Crippen LogP contribution in [0.3, 0.4) is 0 Å². The van der Waals surface area contributed by atoms with E-state index in [1.807, 2.05) is 13.8 Å². The predicted molar refractivity (Wildman–Crippen MR) is 131 cm³/mol. The fourth-order valence-electron chi connectivity index (χ4n) is 3.72. The number of ether oxygens (including phenoxy) is 1. The number of aromatic amines is 1. The van der Waals surface area contributed by atoms with Crippen molar-refractivity contribution in [1.82, 2.24) is 39.6 Å². The molecular weight excluding hydrogens is 508 g/mol. The van der Waals surface area contributed by atoms with Crippen molar-refractivity contribution in [2.24, 2.45) is 0 Å². The van der Waals surface area contributed by atoms with Crippen molar-refractivity contribution < 1.29 is 24.5 Å². The fraction of sp³-hybridized carbons (Fsp3) is 0.476. The van der Waals surface area contributed by atoms with Crippen LogP contribution < -0.4 is 4.74 Å². The van der Waals surface area contributed by atoms with E-state index in [4.69, 9.17) is 22.1 Å². The molecule has 1 saturated heterocycles. The number of carbonyl (C=O) groups excluding carboxylic acids is 1. The zero-order chi connectivity index (χ0) is 25.8. The first-order valence-electron chi connectivity index (χ1n) is 11.3. The number of likely N-dealkylation sites (tertiary alicyclic amines) is 1. The van der Waals surface area contributed by atoms with Gasteiger partial charge in [0.25, 0.3) is 0 Å². The third-order valence-electron chi connectivity index (χ3n) is 5.64. The molecule has 15 heteroatoms. The summed E-state index contributed by atoms with van der Waals surface area (Å²) in [4.78, 5) is 32.4. The number of hydrogen-bond donors (Lipinski definition) is 3. The van der Waals surface area contributed by atoms with Gasteiger partial charge in [0, 0.05) is 18.3 Å². The molecule has 3 N–H and O–H groups in total. The predicted octanol–water partition coefficient (Wildman–Crippen LogP) is 2.98. The van der Waals surface area contributed by atoms with Crippen molar-refractivity contribution in [2.75, 3.05) is 13.1 Å². The molecule has 1 aliphatic heterocycles. The van der Waals surface area contributed by atoms with E-state index in [0.717, 1.165) is 0 Å². The average molecular weight is 535 g/mol. The van der Waals surface area contributed by atoms with Crippen molar-refractivity contribution in [1.29, 1.82) is 0 Å². The Labute approximate surface area is 215 Å². The molecule has 192 valence electrons. The van der Waals surface area contributed by atoms with Crippen molar-refractivity contribution in [3.63, 3.8) is 0 Å². The van der Waals surface area contributed by atoms with E-state index in [1.54, 1.807) is 17.0 Å². The number of nitrogens with one attached hydrogen (secondary N) is 1. The topological polar surface area (TPSA) is 164 Å². The van der Waals surface area contributed by atoms with Gasteiger partial charge in [-0.15, -0.1) is 5.10 Å². The van der Waals surface area contributed by atoms with Gasteiger partial charge in [0.05, 0.1) is 24.9 Å². The van der Waals surface area contributed by atoms with Gasteiger partial charge in [-0.3, -0.25) is 4.79 Å². The zero-order valence-corrected chi connectivity index (χ0v) is 21.3. The summed E-state index contributed by atoms with van der Waals surface area (Å²) in [6, 6.07) is 3.22. The van der Waals surface area contributed by atoms with Gasteiger partial charge in [0.1, 0.15) is 5.82 Å². The monoisotopic (exact) mass is 534 g/mol. The summed E-state index contributed by atoms with van der Waals surface area (Å²) in [6.07, 6.45) is 2.31. The number of amides is 1. The van der Waals surface area contributed by atoms with Crippen LogP contribution in [0.4, 0.5) is 4.79 Å². The number of nitrogens with zero attached hydrogens (tertiary/aromatic N) is 7. The highest BCUT2D eigenvalue weighted by atomic mass is 32.2. The lowest BCUT2D eigenvalue weighted by Gasteiger charge is -2.30. The number of carbonyl (C=O) groups is 2. The van der Waals surface area contributed by atoms with Crippen molar-refractivity contribution in [3.05, 3.63) is 28.8 Å². The highest BCUT2D eigenvalue weighted by molar-refractivity contribution is 7.99. The molecule has 0 spiro atoms. The molecule has 0 aliphatic carbocycles. The first-order valence-corrected chi connectivity index (χ1v) is 12.6. The Morgan fingerprint density at radius 1 is 1.31 bits per heavy atom. The maximum Gasteiger partial charge on any atom is 0.415 e. The number of thioether (sulfide) groups is 1. The van der Waals surface area contributed by atoms with Gasteiger partial charge < -0.3 is 24.8 Å². The normalized spacial score (nSPS) is 14.4. The van der Waals surface area contributed by atoms with Gasteiger partial charge in [-0.2, -0.15) is 0 Å². The number of aromatic nitrogens is 7. The minimum Gasteiger partial charge on any atom is -0.493 e. The van der Waals surface area contributed by atoms with Gasteiger partial charge in [-0.05, 0) is 53.5 Å². The lowest BCUT2D eigenvalue weighted by atomic mass is 10.1. The Bertz CT molecular complexity index is 1280. The van der Waals surface area contributed by atoms with Crippen LogP contribution in [0.1, 0.15) is 44.7 Å². The molecule has 13 nitrogen and oxygen atoms in total. The number of aromatic hydroxyl groups is 1. The highest BCUT2D eigenvalue weighted by Crippen LogP contribution is 2.30. The number of rotatable bonds is 8. The summed E-state index contributed by atoms with van der Waals surface area (Å²) in [5.74, 6) is -0.163. The second-order valence-electron chi connectivity index (χ2n) is 8.51. The summed E-state index contributed by atoms with van der Waals surface area (Å²) in [6.45, 7) is 5.09. The molecule has 3 aromatic heterocycles. The third kappa shape index (κ3) is 5.84. The number of imidazole rings is 1. The largest absolute Gasteiger partial charge is 0.493 e. The van der Waals surface area contributed by atoms with Gasteiger partial charge >= 0.3 is 12.1 Å². The van der Waals surface area contributed by atoms with Crippen LogP contribution in [0.5, 0.6) is 11.6 Å². The zero-order valence-electron chi connectivity index (χ0n) is 19.7. The summed E-state index contributed by atoms with van der Waals surface area (Å²) < 4.78 is 8.72. The second kappa shape index (κ2) is 11.1. The number of H-pyrrole nitrogens is 1. The Morgan fingerprint density at radius 2 is 2.06 bits per heavy atom. The molecule has 1 aliphatic rings. The SMILES string of the molecule is CC(C)c1[nH]c(=S)n(-c2ccc(OC(=O)N3CCC(Sc4nnnn4CCC(=O)O)CC3)cn2)c1O. The number of carboxylic acid groups (broad SMARTS) is 1. The molecule has 0 radical (unpaired) electrons. The van der Waals surface area contributed by atoms with Crippen LogP contribution >= 0.6 is 24.0 Å². The van der Waals surface area contributed by atoms with Crippen molar-refractivity contribution >= 4 is 36.0 Å². The molecule has 0 aromatic carbocycles. The van der Waals surface area contributed by atoms with E-state index in [0.29, 0.717) is 47.4 Å². The van der Waals surface area contributed by atoms with E-state index in [9.17, 15) is 14.7 Å². The van der Waals surface area contributed by atoms with E-state index in [2.05, 4.69) is 25.5 Å². The summed E-state index contributed by atoms with van der Waals surface area (Å²) >= 11 is 6.79. The quantitative estimate of drug-likeness (QED) is 0.364. The summed E-state index contributed by atoms with van der Waals surface area (Å²) in [7, 11) is 0. The molecular formula is C21H26N8O5S2. The first-order chi connectivity index (χ1) is 17.2. The number of tetrazole rings is 1. The van der Waals surface area contributed by atoms with Crippen LogP contribution in [0.25, 0.3) is 5.82 Å². The smallest absolute Gasteiger partial charge is 0.415 e. The number of piperidine rings is 1. The lowest BCUT2D eigenvalue weighted by molar-refractivity contribution is -0.137. The maximum atomic E-state index is 12.6. The standard InChI is InChI=1S/C21H26N8O5S2/c1-12(2)17-18(32)29(19(35)23-17)15-4-3-13(11-22-15)34-21(33)27-8-5-14(6-9-27)36-20-24-25-26-28(20)10-7-16(30)31/h3-4,11-12,14,32H,5-10H2,1-2H3,(H,23,35)(H,30,31). The first kappa shape index (κ1) is 25.6. The molecule has 3 aromatic rings. The second-order valence-corrected chi connectivity index (χ2v) is 10.2. The summed E-state index contributed by atoms with van der Waals surface area (Å²) in [5.41, 5.74) is 0.621. The third-order valence-corrected chi connectivity index (χ3v) is 7.23. The van der Waals surface area contributed by atoms with E-state index < -0.39 is 12.1 Å². The summed E-state index contributed by atoms with van der Waals surface area (Å²) in [5, 5.41) is 31.6. The fourth-order valence-corrected chi connectivity index (χ4v) is 5.09. The molecule has 0 saturated carbocycles. The van der Waals surface area contributed by atoms with Crippen molar-refractivity contribution in [2.45, 2.75) is 56.0 Å². The van der Waals surface area contributed by atoms with Crippen molar-refractivity contribution in [3.8, 4) is 17.4 Å². The van der Waals surface area contributed by atoms with Gasteiger partial charge in [0.15, 0.2) is 10.5 Å². The van der Waals surface area contributed by atoms with E-state index in [-0.39, 0.29) is 35.8 Å². The van der Waals surface area contributed by atoms with E-state index >= 15 is 0 Å². The Morgan fingerprint density at radius 3 is 2.67 bits per heavy atom. The molecule has 0 atom stereocenters. The van der Waals surface area contributed by atoms with Crippen LogP contribution in [-0.4, -0.2) is 80.3 Å². The Kier molecular flexibility index (Phi) is 7.88. The number of aliphatic carboxylic acids is 1. The highest BCUT2D eigenvalue weighted by Gasteiger charge is 2.26. The molecule has 0 bridgehead atoms. The van der Waals surface area contributed by atoms with Crippen LogP contribution in [0.2, 0.25) is 0 Å². The molecule has 36 heavy (non-hydrogen) atoms. The number of carboxylic acids is 1. The van der Waals surface area contributed by atoms with Crippen LogP contribution in [-0.2, 0) is 11.3 Å². The minimum atomic E-state index is -0.912. The Hall–Kier alpha value is -3.46.